The highest BCUT2D eigenvalue weighted by molar-refractivity contribution is 5.76. The van der Waals surface area contributed by atoms with Crippen molar-refractivity contribution in [3.63, 3.8) is 0 Å². The number of carbonyl (C=O) groups is 1. The molecule has 2 aromatic heterocycles. The first-order chi connectivity index (χ1) is 11.5. The van der Waals surface area contributed by atoms with Gasteiger partial charge in [0.05, 0.1) is 5.60 Å². The van der Waals surface area contributed by atoms with E-state index < -0.39 is 11.5 Å². The van der Waals surface area contributed by atoms with Gasteiger partial charge in [-0.2, -0.15) is 9.49 Å². The van der Waals surface area contributed by atoms with E-state index in [-0.39, 0.29) is 11.5 Å². The van der Waals surface area contributed by atoms with Gasteiger partial charge in [-0.1, -0.05) is 6.07 Å². The first-order valence-electron chi connectivity index (χ1n) is 8.09. The summed E-state index contributed by atoms with van der Waals surface area (Å²) in [6.07, 6.45) is 4.05. The summed E-state index contributed by atoms with van der Waals surface area (Å²) >= 11 is 0. The van der Waals surface area contributed by atoms with E-state index >= 15 is 0 Å². The van der Waals surface area contributed by atoms with Crippen LogP contribution in [0, 0.1) is 12.9 Å². The van der Waals surface area contributed by atoms with Crippen LogP contribution in [0.3, 0.4) is 0 Å². The van der Waals surface area contributed by atoms with E-state index in [0.717, 1.165) is 5.69 Å². The molecule has 0 atom stereocenters. The van der Waals surface area contributed by atoms with Crippen LogP contribution in [0.1, 0.15) is 30.5 Å². The molecule has 3 rings (SSSR count). The van der Waals surface area contributed by atoms with Crippen molar-refractivity contribution in [2.45, 2.75) is 38.3 Å². The van der Waals surface area contributed by atoms with Crippen LogP contribution in [0.4, 0.5) is 4.39 Å². The molecule has 2 aromatic rings. The van der Waals surface area contributed by atoms with Crippen molar-refractivity contribution in [3.05, 3.63) is 47.8 Å². The second kappa shape index (κ2) is 6.68. The molecule has 1 N–H and O–H groups in total. The Bertz CT molecular complexity index is 723. The van der Waals surface area contributed by atoms with Crippen LogP contribution in [-0.4, -0.2) is 43.8 Å². The van der Waals surface area contributed by atoms with E-state index in [1.807, 2.05) is 13.0 Å². The zero-order valence-corrected chi connectivity index (χ0v) is 13.7. The molecule has 7 heteroatoms. The summed E-state index contributed by atoms with van der Waals surface area (Å²) in [6.45, 7) is 3.29. The number of amides is 1. The largest absolute Gasteiger partial charge is 0.385 e. The van der Waals surface area contributed by atoms with Crippen LogP contribution in [0.2, 0.25) is 0 Å². The minimum atomic E-state index is -1.26. The number of carbonyl (C=O) groups excluding carboxylic acids is 1. The van der Waals surface area contributed by atoms with Gasteiger partial charge < -0.3 is 10.0 Å². The SMILES string of the molecule is Cc1ccnn1CCC(=O)N1CCC(O)(c2cccnc2F)CC1. The number of nitrogens with zero attached hydrogens (tertiary/aromatic N) is 4. The highest BCUT2D eigenvalue weighted by atomic mass is 19.1. The van der Waals surface area contributed by atoms with E-state index in [9.17, 15) is 14.3 Å². The monoisotopic (exact) mass is 332 g/mol. The van der Waals surface area contributed by atoms with Gasteiger partial charge in [-0.3, -0.25) is 9.48 Å². The molecule has 24 heavy (non-hydrogen) atoms. The minimum absolute atomic E-state index is 0.0265. The van der Waals surface area contributed by atoms with Gasteiger partial charge in [0.2, 0.25) is 11.9 Å². The van der Waals surface area contributed by atoms with Crippen molar-refractivity contribution >= 4 is 5.91 Å². The Kier molecular flexibility index (Phi) is 4.62. The van der Waals surface area contributed by atoms with E-state index in [2.05, 4.69) is 10.1 Å². The number of piperidine rings is 1. The molecule has 1 aliphatic heterocycles. The average Bonchev–Trinajstić information content (AvgIpc) is 2.99. The lowest BCUT2D eigenvalue weighted by Crippen LogP contribution is -2.45. The van der Waals surface area contributed by atoms with Gasteiger partial charge in [-0.05, 0) is 31.9 Å². The van der Waals surface area contributed by atoms with Crippen molar-refractivity contribution in [1.29, 1.82) is 0 Å². The molecule has 1 aliphatic rings. The van der Waals surface area contributed by atoms with E-state index in [0.29, 0.717) is 38.9 Å². The summed E-state index contributed by atoms with van der Waals surface area (Å²) in [5, 5.41) is 14.9. The molecule has 0 radical (unpaired) electrons. The third-order valence-electron chi connectivity index (χ3n) is 4.67. The Labute approximate surface area is 139 Å². The number of hydrogen-bond acceptors (Lipinski definition) is 4. The summed E-state index contributed by atoms with van der Waals surface area (Å²) in [4.78, 5) is 17.7. The van der Waals surface area contributed by atoms with Crippen LogP contribution in [0.15, 0.2) is 30.6 Å². The highest BCUT2D eigenvalue weighted by Gasteiger charge is 2.37. The molecule has 0 spiro atoms. The van der Waals surface area contributed by atoms with Crippen LogP contribution >= 0.6 is 0 Å². The Hall–Kier alpha value is -2.28. The van der Waals surface area contributed by atoms with Crippen molar-refractivity contribution < 1.29 is 14.3 Å². The van der Waals surface area contributed by atoms with Gasteiger partial charge in [0.25, 0.3) is 0 Å². The molecule has 1 amide bonds. The maximum atomic E-state index is 13.8. The maximum absolute atomic E-state index is 13.8. The predicted octanol–water partition coefficient (Wildman–Crippen LogP) is 1.63. The molecule has 6 nitrogen and oxygen atoms in total. The first-order valence-corrected chi connectivity index (χ1v) is 8.09. The fourth-order valence-corrected chi connectivity index (χ4v) is 3.12. The third-order valence-corrected chi connectivity index (χ3v) is 4.67. The molecule has 0 unspecified atom stereocenters. The normalized spacial score (nSPS) is 17.0. The molecule has 1 fully saturated rings. The molecular formula is C17H21FN4O2. The lowest BCUT2D eigenvalue weighted by atomic mass is 9.85. The van der Waals surface area contributed by atoms with Gasteiger partial charge in [0.1, 0.15) is 0 Å². The summed E-state index contributed by atoms with van der Waals surface area (Å²) in [5.41, 5.74) is -0.0274. The van der Waals surface area contributed by atoms with Crippen molar-refractivity contribution in [1.82, 2.24) is 19.7 Å². The number of aryl methyl sites for hydroxylation is 2. The molecule has 0 aromatic carbocycles. The standard InChI is InChI=1S/C17H21FN4O2/c1-13-4-9-20-22(13)10-5-15(23)21-11-6-17(24,7-12-21)14-3-2-8-19-16(14)18/h2-4,8-9,24H,5-7,10-12H2,1H3. The lowest BCUT2D eigenvalue weighted by Gasteiger charge is -2.38. The zero-order chi connectivity index (χ0) is 17.2. The second-order valence-corrected chi connectivity index (χ2v) is 6.20. The molecule has 0 saturated carbocycles. The van der Waals surface area contributed by atoms with Gasteiger partial charge in [-0.15, -0.1) is 0 Å². The summed E-state index contributed by atoms with van der Waals surface area (Å²) < 4.78 is 15.6. The van der Waals surface area contributed by atoms with Crippen LogP contribution in [0.25, 0.3) is 0 Å². The molecule has 1 saturated heterocycles. The van der Waals surface area contributed by atoms with Gasteiger partial charge in [-0.25, -0.2) is 4.98 Å². The average molecular weight is 332 g/mol. The quantitative estimate of drug-likeness (QED) is 0.864. The van der Waals surface area contributed by atoms with Crippen LogP contribution in [-0.2, 0) is 16.9 Å². The number of pyridine rings is 1. The fraction of sp³-hybridized carbons (Fsp3) is 0.471. The number of hydrogen-bond donors (Lipinski definition) is 1. The van der Waals surface area contributed by atoms with E-state index in [4.69, 9.17) is 0 Å². The van der Waals surface area contributed by atoms with Crippen LogP contribution in [0.5, 0.6) is 0 Å². The zero-order valence-electron chi connectivity index (χ0n) is 13.7. The molecule has 128 valence electrons. The lowest BCUT2D eigenvalue weighted by molar-refractivity contribution is -0.136. The predicted molar refractivity (Wildman–Crippen MR) is 85.5 cm³/mol. The van der Waals surface area contributed by atoms with Crippen molar-refractivity contribution in [2.75, 3.05) is 13.1 Å². The number of likely N-dealkylation sites (tertiary alicyclic amines) is 1. The van der Waals surface area contributed by atoms with Crippen LogP contribution < -0.4 is 0 Å². The molecule has 0 bridgehead atoms. The number of aromatic nitrogens is 3. The first kappa shape index (κ1) is 16.6. The number of halogens is 1. The van der Waals surface area contributed by atoms with Gasteiger partial charge >= 0.3 is 0 Å². The van der Waals surface area contributed by atoms with Crippen molar-refractivity contribution in [3.8, 4) is 0 Å². The number of aliphatic hydroxyl groups is 1. The molecule has 3 heterocycles. The van der Waals surface area contributed by atoms with E-state index in [1.165, 1.54) is 6.20 Å². The van der Waals surface area contributed by atoms with E-state index in [1.54, 1.807) is 27.9 Å². The number of rotatable bonds is 4. The molecule has 0 aliphatic carbocycles. The van der Waals surface area contributed by atoms with Gasteiger partial charge in [0, 0.05) is 49.7 Å². The Morgan fingerprint density at radius 3 is 2.71 bits per heavy atom. The van der Waals surface area contributed by atoms with Gasteiger partial charge in [0.15, 0.2) is 0 Å². The Morgan fingerprint density at radius 1 is 1.33 bits per heavy atom. The summed E-state index contributed by atoms with van der Waals surface area (Å²) in [7, 11) is 0. The maximum Gasteiger partial charge on any atom is 0.224 e. The smallest absolute Gasteiger partial charge is 0.224 e. The molecular weight excluding hydrogens is 311 g/mol. The third kappa shape index (κ3) is 3.31. The topological polar surface area (TPSA) is 71.2 Å². The highest BCUT2D eigenvalue weighted by Crippen LogP contribution is 2.33. The Morgan fingerprint density at radius 2 is 2.08 bits per heavy atom. The second-order valence-electron chi connectivity index (χ2n) is 6.20. The Balaban J connectivity index is 1.57. The summed E-state index contributed by atoms with van der Waals surface area (Å²) in [5.74, 6) is -0.618. The van der Waals surface area contributed by atoms with Crippen molar-refractivity contribution in [2.24, 2.45) is 0 Å². The summed E-state index contributed by atoms with van der Waals surface area (Å²) in [6, 6.07) is 5.06. The fourth-order valence-electron chi connectivity index (χ4n) is 3.12. The minimum Gasteiger partial charge on any atom is -0.385 e.